The third-order valence-electron chi connectivity index (χ3n) is 2.79. The van der Waals surface area contributed by atoms with Crippen LogP contribution in [-0.4, -0.2) is 5.91 Å². The summed E-state index contributed by atoms with van der Waals surface area (Å²) < 4.78 is 31.1. The first kappa shape index (κ1) is 9.32. The van der Waals surface area contributed by atoms with Crippen molar-refractivity contribution in [2.75, 3.05) is 0 Å². The van der Waals surface area contributed by atoms with E-state index in [0.717, 1.165) is 5.56 Å². The second kappa shape index (κ2) is 5.57. The molecule has 0 aromatic heterocycles. The van der Waals surface area contributed by atoms with Crippen LogP contribution in [0.25, 0.3) is 0 Å². The number of halogens is 1. The fourth-order valence-electron chi connectivity index (χ4n) is 1.73. The van der Waals surface area contributed by atoms with Gasteiger partial charge in [-0.2, -0.15) is 0 Å². The molecule has 0 aliphatic carbocycles. The van der Waals surface area contributed by atoms with Crippen LogP contribution in [0.1, 0.15) is 35.3 Å². The molecule has 0 bridgehead atoms. The second-order valence-electron chi connectivity index (χ2n) is 4.63. The minimum absolute atomic E-state index is 0.0601. The molecule has 3 heteroatoms. The molecule has 0 spiro atoms. The van der Waals surface area contributed by atoms with Crippen molar-refractivity contribution in [1.29, 1.82) is 0 Å². The number of carbonyl (C=O) groups excluding carboxylic acids is 1. The van der Waals surface area contributed by atoms with Gasteiger partial charge in [-0.15, -0.1) is 0 Å². The van der Waals surface area contributed by atoms with Crippen LogP contribution in [0.5, 0.6) is 0 Å². The minimum atomic E-state index is -0.686. The Morgan fingerprint density at radius 2 is 1.84 bits per heavy atom. The molecular formula is C16H16BrNO. The summed E-state index contributed by atoms with van der Waals surface area (Å²) in [6.07, 6.45) is 0. The van der Waals surface area contributed by atoms with Crippen molar-refractivity contribution >= 4 is 21.8 Å². The molecule has 0 atom stereocenters. The highest BCUT2D eigenvalue weighted by Crippen LogP contribution is 2.22. The molecule has 19 heavy (non-hydrogen) atoms. The first-order valence-electron chi connectivity index (χ1n) is 7.80. The number of amides is 1. The molecule has 2 nitrogen and oxygen atoms in total. The molecule has 0 heterocycles. The largest absolute Gasteiger partial charge is 0.343 e. The highest BCUT2D eigenvalue weighted by molar-refractivity contribution is 9.10. The molecule has 2 aromatic rings. The highest BCUT2D eigenvalue weighted by atomic mass is 79.9. The van der Waals surface area contributed by atoms with Crippen molar-refractivity contribution in [1.82, 2.24) is 5.32 Å². The molecule has 1 N–H and O–H groups in total. The summed E-state index contributed by atoms with van der Waals surface area (Å²) in [6, 6.07) is 7.95. The molecule has 98 valence electrons. The Morgan fingerprint density at radius 1 is 1.21 bits per heavy atom. The van der Waals surface area contributed by atoms with Crippen molar-refractivity contribution in [3.63, 3.8) is 0 Å². The van der Waals surface area contributed by atoms with Gasteiger partial charge in [-0.25, -0.2) is 0 Å². The zero-order valence-electron chi connectivity index (χ0n) is 14.7. The summed E-state index contributed by atoms with van der Waals surface area (Å²) >= 11 is 3.11. The molecule has 1 amide bonds. The molecule has 0 aliphatic rings. The van der Waals surface area contributed by atoms with Crippen LogP contribution in [0.3, 0.4) is 0 Å². The second-order valence-corrected chi connectivity index (χ2v) is 5.43. The number of nitrogens with one attached hydrogen (secondary N) is 1. The van der Waals surface area contributed by atoms with Gasteiger partial charge in [0.05, 0.1) is 16.6 Å². The van der Waals surface area contributed by atoms with E-state index in [9.17, 15) is 4.79 Å². The monoisotopic (exact) mass is 321 g/mol. The maximum absolute atomic E-state index is 12.6. The number of benzene rings is 2. The van der Waals surface area contributed by atoms with E-state index in [0.29, 0.717) is 0 Å². The summed E-state index contributed by atoms with van der Waals surface area (Å²) in [6.45, 7) is 3.67. The Hall–Kier alpha value is -1.61. The first-order valence-corrected chi connectivity index (χ1v) is 6.60. The summed E-state index contributed by atoms with van der Waals surface area (Å²) in [7, 11) is 0. The standard InChI is InChI=1S/C16H16BrNO/c1-16(2,12-8-4-3-5-9-12)18-15(19)13-10-6-7-11-14(13)17/h3-11H,1-2H3,(H,18,19)/i6D,7D,10D,11D. The normalized spacial score (nSPS) is 14.1. The number of rotatable bonds is 3. The smallest absolute Gasteiger partial charge is 0.253 e. The molecule has 2 aromatic carbocycles. The van der Waals surface area contributed by atoms with Crippen molar-refractivity contribution in [2.24, 2.45) is 0 Å². The van der Waals surface area contributed by atoms with E-state index in [-0.39, 0.29) is 28.2 Å². The molecule has 2 rings (SSSR count). The number of carbonyl (C=O) groups is 1. The third kappa shape index (κ3) is 3.24. The zero-order valence-corrected chi connectivity index (χ0v) is 12.3. The van der Waals surface area contributed by atoms with Crippen LogP contribution in [0.2, 0.25) is 0 Å². The van der Waals surface area contributed by atoms with Crippen LogP contribution >= 0.6 is 15.9 Å². The quantitative estimate of drug-likeness (QED) is 0.905. The Labute approximate surface area is 127 Å². The Morgan fingerprint density at radius 3 is 2.53 bits per heavy atom. The topological polar surface area (TPSA) is 29.1 Å². The van der Waals surface area contributed by atoms with Crippen LogP contribution in [0, 0.1) is 0 Å². The molecule has 0 unspecified atom stereocenters. The first-order chi connectivity index (χ1) is 10.7. The zero-order chi connectivity index (χ0) is 17.4. The van der Waals surface area contributed by atoms with Gasteiger partial charge in [0.1, 0.15) is 0 Å². The third-order valence-corrected chi connectivity index (χ3v) is 3.39. The van der Waals surface area contributed by atoms with Crippen LogP contribution in [0.4, 0.5) is 0 Å². The van der Waals surface area contributed by atoms with Crippen molar-refractivity contribution < 1.29 is 10.3 Å². The Bertz CT molecular complexity index is 733. The van der Waals surface area contributed by atoms with E-state index in [4.69, 9.17) is 5.48 Å². The maximum atomic E-state index is 12.6. The minimum Gasteiger partial charge on any atom is -0.343 e. The predicted octanol–water partition coefficient (Wildman–Crippen LogP) is 4.11. The molecule has 0 fully saturated rings. The van der Waals surface area contributed by atoms with Gasteiger partial charge < -0.3 is 5.32 Å². The van der Waals surface area contributed by atoms with E-state index in [2.05, 4.69) is 21.2 Å². The van der Waals surface area contributed by atoms with Crippen LogP contribution in [0.15, 0.2) is 59.0 Å². The van der Waals surface area contributed by atoms with E-state index in [1.807, 2.05) is 44.2 Å². The van der Waals surface area contributed by atoms with Gasteiger partial charge >= 0.3 is 0 Å². The average Bonchev–Trinajstić information content (AvgIpc) is 2.51. The molecule has 0 saturated heterocycles. The SMILES string of the molecule is [2H]c1c([2H])c([2H])c(C(=O)NC(C)(C)c2ccccc2)c(Br)c1[2H]. The number of hydrogen-bond acceptors (Lipinski definition) is 1. The van der Waals surface area contributed by atoms with E-state index >= 15 is 0 Å². The van der Waals surface area contributed by atoms with Gasteiger partial charge in [0, 0.05) is 4.47 Å². The lowest BCUT2D eigenvalue weighted by molar-refractivity contribution is 0.0911. The van der Waals surface area contributed by atoms with Gasteiger partial charge in [0.25, 0.3) is 5.91 Å². The summed E-state index contributed by atoms with van der Waals surface area (Å²) in [5.41, 5.74) is 0.110. The van der Waals surface area contributed by atoms with Crippen molar-refractivity contribution in [3.8, 4) is 0 Å². The van der Waals surface area contributed by atoms with Gasteiger partial charge in [-0.05, 0) is 47.4 Å². The van der Waals surface area contributed by atoms with Gasteiger partial charge in [-0.1, -0.05) is 42.4 Å². The molecule has 0 saturated carbocycles. The van der Waals surface area contributed by atoms with Crippen LogP contribution in [-0.2, 0) is 5.54 Å². The number of hydrogen-bond donors (Lipinski definition) is 1. The van der Waals surface area contributed by atoms with Gasteiger partial charge in [0.2, 0.25) is 0 Å². The lowest BCUT2D eigenvalue weighted by Gasteiger charge is -2.27. The Balaban J connectivity index is 2.43. The van der Waals surface area contributed by atoms with E-state index < -0.39 is 17.5 Å². The van der Waals surface area contributed by atoms with Gasteiger partial charge in [-0.3, -0.25) is 4.79 Å². The Kier molecular flexibility index (Phi) is 2.73. The maximum Gasteiger partial charge on any atom is 0.253 e. The summed E-state index contributed by atoms with van der Waals surface area (Å²) in [4.78, 5) is 12.6. The molecule has 0 radical (unpaired) electrons. The van der Waals surface area contributed by atoms with Crippen molar-refractivity contribution in [3.05, 3.63) is 70.1 Å². The van der Waals surface area contributed by atoms with E-state index in [1.54, 1.807) is 0 Å². The summed E-state index contributed by atoms with van der Waals surface area (Å²) in [5, 5.41) is 2.83. The lowest BCUT2D eigenvalue weighted by Crippen LogP contribution is -2.41. The van der Waals surface area contributed by atoms with E-state index in [1.165, 1.54) is 0 Å². The fourth-order valence-corrected chi connectivity index (χ4v) is 2.11. The predicted molar refractivity (Wildman–Crippen MR) is 81.1 cm³/mol. The fraction of sp³-hybridized carbons (Fsp3) is 0.188. The van der Waals surface area contributed by atoms with Gasteiger partial charge in [0.15, 0.2) is 0 Å². The highest BCUT2D eigenvalue weighted by Gasteiger charge is 2.23. The van der Waals surface area contributed by atoms with Crippen LogP contribution < -0.4 is 5.32 Å². The van der Waals surface area contributed by atoms with Crippen molar-refractivity contribution in [2.45, 2.75) is 19.4 Å². The average molecular weight is 322 g/mol. The molecular weight excluding hydrogens is 302 g/mol. The lowest BCUT2D eigenvalue weighted by atomic mass is 9.94. The summed E-state index contributed by atoms with van der Waals surface area (Å²) in [5.74, 6) is -0.558. The molecule has 0 aliphatic heterocycles.